The van der Waals surface area contributed by atoms with Crippen molar-refractivity contribution >= 4 is 22.8 Å². The molecule has 1 aliphatic rings. The number of carboxylic acid groups (broad SMARTS) is 1. The van der Waals surface area contributed by atoms with Crippen molar-refractivity contribution in [3.63, 3.8) is 0 Å². The van der Waals surface area contributed by atoms with E-state index in [1.165, 1.54) is 0 Å². The molecule has 1 aliphatic heterocycles. The Kier molecular flexibility index (Phi) is 3.50. The molecule has 1 N–H and O–H groups in total. The first-order valence-corrected chi connectivity index (χ1v) is 4.87. The Morgan fingerprint density at radius 3 is 2.71 bits per heavy atom. The summed E-state index contributed by atoms with van der Waals surface area (Å²) in [6, 6.07) is 0. The highest BCUT2D eigenvalue weighted by Crippen LogP contribution is 2.37. The predicted molar refractivity (Wildman–Crippen MR) is 50.2 cm³/mol. The maximum Gasteiger partial charge on any atom is 0.310 e. The summed E-state index contributed by atoms with van der Waals surface area (Å²) in [6.45, 7) is 2.17. The standard InChI is InChI=1S/C9H13ClO4/c1-6-4-9(8(12)13,2-3-14-6)5-7(10)11/h6H,2-5H2,1H3,(H,12,13). The molecule has 0 spiro atoms. The summed E-state index contributed by atoms with van der Waals surface area (Å²) >= 11 is 5.25. The zero-order chi connectivity index (χ0) is 10.8. The Hall–Kier alpha value is -0.610. The van der Waals surface area contributed by atoms with Gasteiger partial charge in [-0.25, -0.2) is 0 Å². The van der Waals surface area contributed by atoms with Gasteiger partial charge in [-0.15, -0.1) is 0 Å². The van der Waals surface area contributed by atoms with Crippen LogP contribution < -0.4 is 0 Å². The van der Waals surface area contributed by atoms with Crippen LogP contribution in [0.15, 0.2) is 0 Å². The van der Waals surface area contributed by atoms with Gasteiger partial charge in [0.1, 0.15) is 0 Å². The highest BCUT2D eigenvalue weighted by molar-refractivity contribution is 6.63. The van der Waals surface area contributed by atoms with Crippen LogP contribution in [0.1, 0.15) is 26.2 Å². The van der Waals surface area contributed by atoms with Gasteiger partial charge >= 0.3 is 5.97 Å². The van der Waals surface area contributed by atoms with Gasteiger partial charge in [-0.3, -0.25) is 9.59 Å². The van der Waals surface area contributed by atoms with Crippen molar-refractivity contribution in [3.05, 3.63) is 0 Å². The van der Waals surface area contributed by atoms with E-state index in [9.17, 15) is 9.59 Å². The molecule has 0 aromatic rings. The second-order valence-corrected chi connectivity index (χ2v) is 4.17. The Morgan fingerprint density at radius 2 is 2.29 bits per heavy atom. The van der Waals surface area contributed by atoms with Crippen LogP contribution in [0.3, 0.4) is 0 Å². The van der Waals surface area contributed by atoms with Gasteiger partial charge in [0.15, 0.2) is 0 Å². The summed E-state index contributed by atoms with van der Waals surface area (Å²) in [7, 11) is 0. The van der Waals surface area contributed by atoms with Crippen molar-refractivity contribution in [3.8, 4) is 0 Å². The molecule has 0 aliphatic carbocycles. The van der Waals surface area contributed by atoms with E-state index in [0.717, 1.165) is 0 Å². The van der Waals surface area contributed by atoms with E-state index in [4.69, 9.17) is 21.4 Å². The number of ether oxygens (including phenoxy) is 1. The molecule has 2 unspecified atom stereocenters. The van der Waals surface area contributed by atoms with Gasteiger partial charge < -0.3 is 9.84 Å². The van der Waals surface area contributed by atoms with E-state index in [1.54, 1.807) is 6.92 Å². The van der Waals surface area contributed by atoms with Crippen molar-refractivity contribution in [2.75, 3.05) is 6.61 Å². The average molecular weight is 221 g/mol. The lowest BCUT2D eigenvalue weighted by Gasteiger charge is -2.35. The molecule has 0 radical (unpaired) electrons. The average Bonchev–Trinajstić information content (AvgIpc) is 2.02. The Morgan fingerprint density at radius 1 is 1.64 bits per heavy atom. The molecule has 0 aromatic heterocycles. The first-order valence-electron chi connectivity index (χ1n) is 4.50. The largest absolute Gasteiger partial charge is 0.481 e. The third-order valence-electron chi connectivity index (χ3n) is 2.59. The van der Waals surface area contributed by atoms with Crippen molar-refractivity contribution in [2.24, 2.45) is 5.41 Å². The highest BCUT2D eigenvalue weighted by atomic mass is 35.5. The van der Waals surface area contributed by atoms with E-state index in [2.05, 4.69) is 0 Å². The molecule has 1 heterocycles. The molecule has 80 valence electrons. The van der Waals surface area contributed by atoms with E-state index in [-0.39, 0.29) is 12.5 Å². The van der Waals surface area contributed by atoms with E-state index in [1.807, 2.05) is 0 Å². The lowest BCUT2D eigenvalue weighted by Crippen LogP contribution is -2.41. The van der Waals surface area contributed by atoms with Crippen LogP contribution in [-0.2, 0) is 14.3 Å². The van der Waals surface area contributed by atoms with Gasteiger partial charge in [-0.05, 0) is 31.4 Å². The number of carboxylic acids is 1. The minimum Gasteiger partial charge on any atom is -0.481 e. The summed E-state index contributed by atoms with van der Waals surface area (Å²) in [4.78, 5) is 21.9. The van der Waals surface area contributed by atoms with Crippen LogP contribution >= 0.6 is 11.6 Å². The number of rotatable bonds is 3. The molecule has 14 heavy (non-hydrogen) atoms. The molecular formula is C9H13ClO4. The summed E-state index contributed by atoms with van der Waals surface area (Å²) in [5.74, 6) is -0.957. The topological polar surface area (TPSA) is 63.6 Å². The Labute approximate surface area is 87.2 Å². The fourth-order valence-corrected chi connectivity index (χ4v) is 2.12. The van der Waals surface area contributed by atoms with Gasteiger partial charge in [-0.2, -0.15) is 0 Å². The van der Waals surface area contributed by atoms with Crippen molar-refractivity contribution in [1.82, 2.24) is 0 Å². The van der Waals surface area contributed by atoms with Crippen LogP contribution in [0.5, 0.6) is 0 Å². The molecule has 0 amide bonds. The van der Waals surface area contributed by atoms with Gasteiger partial charge in [0, 0.05) is 13.0 Å². The van der Waals surface area contributed by atoms with E-state index < -0.39 is 16.6 Å². The third-order valence-corrected chi connectivity index (χ3v) is 2.73. The van der Waals surface area contributed by atoms with E-state index >= 15 is 0 Å². The van der Waals surface area contributed by atoms with E-state index in [0.29, 0.717) is 19.4 Å². The summed E-state index contributed by atoms with van der Waals surface area (Å²) in [5.41, 5.74) is -1.02. The molecular weight excluding hydrogens is 208 g/mol. The quantitative estimate of drug-likeness (QED) is 0.731. The highest BCUT2D eigenvalue weighted by Gasteiger charge is 2.43. The monoisotopic (exact) mass is 220 g/mol. The lowest BCUT2D eigenvalue weighted by atomic mass is 9.76. The van der Waals surface area contributed by atoms with Crippen LogP contribution in [0, 0.1) is 5.41 Å². The predicted octanol–water partition coefficient (Wildman–Crippen LogP) is 1.41. The summed E-state index contributed by atoms with van der Waals surface area (Å²) < 4.78 is 5.25. The normalized spacial score (nSPS) is 32.6. The number of carbonyl (C=O) groups excluding carboxylic acids is 1. The molecule has 0 bridgehead atoms. The molecule has 0 saturated carbocycles. The number of halogens is 1. The van der Waals surface area contributed by atoms with Crippen molar-refractivity contribution in [1.29, 1.82) is 0 Å². The SMILES string of the molecule is CC1CC(CC(=O)Cl)(C(=O)O)CCO1. The lowest BCUT2D eigenvalue weighted by molar-refractivity contribution is -0.160. The summed E-state index contributed by atoms with van der Waals surface area (Å²) in [5, 5.41) is 8.49. The number of hydrogen-bond acceptors (Lipinski definition) is 3. The van der Waals surface area contributed by atoms with Crippen LogP contribution in [0.2, 0.25) is 0 Å². The molecule has 1 saturated heterocycles. The molecule has 2 atom stereocenters. The maximum atomic E-state index is 11.1. The number of carbonyl (C=O) groups is 2. The van der Waals surface area contributed by atoms with Crippen molar-refractivity contribution in [2.45, 2.75) is 32.3 Å². The Bertz CT molecular complexity index is 253. The zero-order valence-corrected chi connectivity index (χ0v) is 8.71. The van der Waals surface area contributed by atoms with Crippen LogP contribution in [0.4, 0.5) is 0 Å². The molecule has 1 rings (SSSR count). The second-order valence-electron chi connectivity index (χ2n) is 3.75. The van der Waals surface area contributed by atoms with Gasteiger partial charge in [0.25, 0.3) is 0 Å². The number of hydrogen-bond donors (Lipinski definition) is 1. The zero-order valence-electron chi connectivity index (χ0n) is 7.96. The van der Waals surface area contributed by atoms with Crippen molar-refractivity contribution < 1.29 is 19.4 Å². The summed E-state index contributed by atoms with van der Waals surface area (Å²) in [6.07, 6.45) is 0.458. The van der Waals surface area contributed by atoms with Gasteiger partial charge in [-0.1, -0.05) is 0 Å². The third kappa shape index (κ3) is 2.45. The minimum absolute atomic E-state index is 0.114. The molecule has 1 fully saturated rings. The molecule has 4 nitrogen and oxygen atoms in total. The fourth-order valence-electron chi connectivity index (χ4n) is 1.86. The smallest absolute Gasteiger partial charge is 0.310 e. The first kappa shape index (κ1) is 11.5. The Balaban J connectivity index is 2.80. The van der Waals surface area contributed by atoms with Gasteiger partial charge in [0.2, 0.25) is 5.24 Å². The van der Waals surface area contributed by atoms with Crippen LogP contribution in [0.25, 0.3) is 0 Å². The first-order chi connectivity index (χ1) is 6.46. The van der Waals surface area contributed by atoms with Gasteiger partial charge in [0.05, 0.1) is 11.5 Å². The second kappa shape index (κ2) is 4.28. The molecule has 0 aromatic carbocycles. The maximum absolute atomic E-state index is 11.1. The van der Waals surface area contributed by atoms with Crippen LogP contribution in [-0.4, -0.2) is 29.0 Å². The number of aliphatic carboxylic acids is 1. The minimum atomic E-state index is -1.02. The molecule has 5 heteroatoms. The fraction of sp³-hybridized carbons (Fsp3) is 0.778.